The predicted molar refractivity (Wildman–Crippen MR) is 108 cm³/mol. The van der Waals surface area contributed by atoms with E-state index < -0.39 is 13.0 Å². The van der Waals surface area contributed by atoms with Gasteiger partial charge in [-0.2, -0.15) is 0 Å². The number of guanidine groups is 1. The van der Waals surface area contributed by atoms with Crippen LogP contribution in [0.1, 0.15) is 18.1 Å². The molecule has 4 nitrogen and oxygen atoms in total. The van der Waals surface area contributed by atoms with Crippen LogP contribution in [0.25, 0.3) is 0 Å². The lowest BCUT2D eigenvalue weighted by molar-refractivity contribution is 0.0818. The largest absolute Gasteiger partial charge is 0.488 e. The van der Waals surface area contributed by atoms with Crippen molar-refractivity contribution in [2.75, 3.05) is 11.9 Å². The van der Waals surface area contributed by atoms with Crippen LogP contribution in [-0.2, 0) is 13.0 Å². The number of nitrogens with zero attached hydrogens (tertiary/aromatic N) is 1. The Morgan fingerprint density at radius 3 is 2.60 bits per heavy atom. The Balaban J connectivity index is 0.00000312. The van der Waals surface area contributed by atoms with Crippen LogP contribution in [0.2, 0.25) is 0 Å². The summed E-state index contributed by atoms with van der Waals surface area (Å²) >= 11 is 0. The summed E-state index contributed by atoms with van der Waals surface area (Å²) in [7, 11) is 0. The summed E-state index contributed by atoms with van der Waals surface area (Å²) in [6.45, 7) is 1.79. The first kappa shape index (κ1) is 21.1. The van der Waals surface area contributed by atoms with Crippen LogP contribution in [0.4, 0.5) is 14.5 Å². The second-order valence-electron chi connectivity index (χ2n) is 5.23. The summed E-state index contributed by atoms with van der Waals surface area (Å²) in [6, 6.07) is 14.8. The summed E-state index contributed by atoms with van der Waals surface area (Å²) in [5, 5.41) is 3.04. The normalized spacial score (nSPS) is 11.1. The van der Waals surface area contributed by atoms with Crippen molar-refractivity contribution in [3.63, 3.8) is 0 Å². The third-order valence-corrected chi connectivity index (χ3v) is 3.31. The average molecular weight is 461 g/mol. The van der Waals surface area contributed by atoms with Gasteiger partial charge >= 0.3 is 0 Å². The molecule has 0 aliphatic heterocycles. The monoisotopic (exact) mass is 461 g/mol. The third kappa shape index (κ3) is 7.68. The van der Waals surface area contributed by atoms with E-state index in [4.69, 9.17) is 10.5 Å². The van der Waals surface area contributed by atoms with E-state index in [0.29, 0.717) is 18.3 Å². The molecule has 0 aliphatic carbocycles. The molecule has 0 bridgehead atoms. The average Bonchev–Trinajstić information content (AvgIpc) is 2.59. The predicted octanol–water partition coefficient (Wildman–Crippen LogP) is 4.44. The highest BCUT2D eigenvalue weighted by Gasteiger charge is 2.04. The molecule has 25 heavy (non-hydrogen) atoms. The van der Waals surface area contributed by atoms with Gasteiger partial charge in [0, 0.05) is 5.69 Å². The van der Waals surface area contributed by atoms with E-state index in [1.807, 2.05) is 30.3 Å². The van der Waals surface area contributed by atoms with Crippen LogP contribution < -0.4 is 15.8 Å². The van der Waals surface area contributed by atoms with Gasteiger partial charge in [-0.25, -0.2) is 13.8 Å². The fourth-order valence-corrected chi connectivity index (χ4v) is 2.13. The number of aryl methyl sites for hydroxylation is 1. The van der Waals surface area contributed by atoms with E-state index >= 15 is 0 Å². The minimum atomic E-state index is -2.49. The molecule has 0 aliphatic rings. The molecule has 136 valence electrons. The molecule has 0 atom stereocenters. The number of anilines is 1. The van der Waals surface area contributed by atoms with Gasteiger partial charge in [0.25, 0.3) is 6.43 Å². The van der Waals surface area contributed by atoms with Crippen molar-refractivity contribution in [2.45, 2.75) is 26.3 Å². The molecule has 0 spiro atoms. The maximum absolute atomic E-state index is 12.2. The minimum Gasteiger partial charge on any atom is -0.488 e. The van der Waals surface area contributed by atoms with Crippen LogP contribution in [0.3, 0.4) is 0 Å². The van der Waals surface area contributed by atoms with Gasteiger partial charge in [-0.1, -0.05) is 31.2 Å². The molecule has 0 fully saturated rings. The highest BCUT2D eigenvalue weighted by Crippen LogP contribution is 2.15. The lowest BCUT2D eigenvalue weighted by Crippen LogP contribution is -2.22. The molecule has 0 unspecified atom stereocenters. The van der Waals surface area contributed by atoms with Gasteiger partial charge in [-0.3, -0.25) is 0 Å². The van der Waals surface area contributed by atoms with Crippen molar-refractivity contribution in [2.24, 2.45) is 10.7 Å². The second kappa shape index (κ2) is 10.9. The quantitative estimate of drug-likeness (QED) is 0.364. The van der Waals surface area contributed by atoms with Gasteiger partial charge < -0.3 is 15.8 Å². The first-order valence-corrected chi connectivity index (χ1v) is 7.72. The summed E-state index contributed by atoms with van der Waals surface area (Å²) in [6.07, 6.45) is -1.55. The molecule has 7 heteroatoms. The van der Waals surface area contributed by atoms with Crippen molar-refractivity contribution in [3.05, 3.63) is 59.7 Å². The van der Waals surface area contributed by atoms with E-state index in [-0.39, 0.29) is 24.0 Å². The Bertz CT molecular complexity index is 696. The smallest absolute Gasteiger partial charge is 0.272 e. The Labute approximate surface area is 163 Å². The molecule has 2 aromatic carbocycles. The number of nitrogens with two attached hydrogens (primary N) is 1. The van der Waals surface area contributed by atoms with Gasteiger partial charge in [0.15, 0.2) is 5.96 Å². The number of ether oxygens (including phenoxy) is 1. The highest BCUT2D eigenvalue weighted by molar-refractivity contribution is 14.0. The number of hydrogen-bond donors (Lipinski definition) is 2. The van der Waals surface area contributed by atoms with Gasteiger partial charge in [0.1, 0.15) is 12.4 Å². The van der Waals surface area contributed by atoms with Crippen LogP contribution in [0.5, 0.6) is 5.75 Å². The zero-order valence-electron chi connectivity index (χ0n) is 13.9. The van der Waals surface area contributed by atoms with E-state index in [0.717, 1.165) is 17.7 Å². The van der Waals surface area contributed by atoms with Crippen molar-refractivity contribution >= 4 is 35.6 Å². The molecular weight excluding hydrogens is 439 g/mol. The number of rotatable bonds is 7. The lowest BCUT2D eigenvalue weighted by Gasteiger charge is -2.08. The van der Waals surface area contributed by atoms with Crippen molar-refractivity contribution in [1.29, 1.82) is 0 Å². The van der Waals surface area contributed by atoms with E-state index in [1.54, 1.807) is 18.2 Å². The van der Waals surface area contributed by atoms with Crippen LogP contribution in [0, 0.1) is 0 Å². The number of hydrogen-bond acceptors (Lipinski definition) is 2. The van der Waals surface area contributed by atoms with E-state index in [2.05, 4.69) is 17.2 Å². The second-order valence-corrected chi connectivity index (χ2v) is 5.23. The zero-order valence-corrected chi connectivity index (χ0v) is 16.2. The fraction of sp³-hybridized carbons (Fsp3) is 0.278. The number of benzene rings is 2. The van der Waals surface area contributed by atoms with Crippen molar-refractivity contribution < 1.29 is 13.5 Å². The molecule has 3 N–H and O–H groups in total. The standard InChI is InChI=1S/C18H21F2N3O.HI/c1-2-13-5-3-7-15(9-13)23-18(21)22-11-14-6-4-8-16(10-14)24-12-17(19)20;/h3-10,17H,2,11-12H2,1H3,(H3,21,22,23);1H. The molecular formula is C18H22F2IN3O. The van der Waals surface area contributed by atoms with Crippen LogP contribution in [0.15, 0.2) is 53.5 Å². The van der Waals surface area contributed by atoms with Gasteiger partial charge in [-0.15, -0.1) is 24.0 Å². The summed E-state index contributed by atoms with van der Waals surface area (Å²) < 4.78 is 29.3. The summed E-state index contributed by atoms with van der Waals surface area (Å²) in [5.41, 5.74) is 8.80. The van der Waals surface area contributed by atoms with Crippen molar-refractivity contribution in [3.8, 4) is 5.75 Å². The zero-order chi connectivity index (χ0) is 17.4. The van der Waals surface area contributed by atoms with E-state index in [9.17, 15) is 8.78 Å². The number of nitrogens with one attached hydrogen (secondary N) is 1. The minimum absolute atomic E-state index is 0. The molecule has 0 amide bonds. The molecule has 0 aromatic heterocycles. The molecule has 2 rings (SSSR count). The van der Waals surface area contributed by atoms with Gasteiger partial charge in [-0.05, 0) is 41.8 Å². The van der Waals surface area contributed by atoms with Crippen molar-refractivity contribution in [1.82, 2.24) is 0 Å². The van der Waals surface area contributed by atoms with Crippen LogP contribution in [-0.4, -0.2) is 19.0 Å². The molecule has 0 radical (unpaired) electrons. The Morgan fingerprint density at radius 1 is 1.16 bits per heavy atom. The Kier molecular flexibility index (Phi) is 9.18. The number of alkyl halides is 2. The Morgan fingerprint density at radius 2 is 1.88 bits per heavy atom. The molecule has 2 aromatic rings. The van der Waals surface area contributed by atoms with Gasteiger partial charge in [0.05, 0.1) is 6.54 Å². The SMILES string of the molecule is CCc1cccc(NC(N)=NCc2cccc(OCC(F)F)c2)c1.I. The maximum atomic E-state index is 12.2. The molecule has 0 saturated carbocycles. The topological polar surface area (TPSA) is 59.6 Å². The number of aliphatic imine (C=N–C) groups is 1. The first-order chi connectivity index (χ1) is 11.6. The third-order valence-electron chi connectivity index (χ3n) is 3.31. The van der Waals surface area contributed by atoms with Crippen LogP contribution >= 0.6 is 24.0 Å². The highest BCUT2D eigenvalue weighted by atomic mass is 127. The van der Waals surface area contributed by atoms with E-state index in [1.165, 1.54) is 5.56 Å². The maximum Gasteiger partial charge on any atom is 0.272 e. The molecule has 0 heterocycles. The summed E-state index contributed by atoms with van der Waals surface area (Å²) in [5.74, 6) is 0.687. The fourth-order valence-electron chi connectivity index (χ4n) is 2.13. The molecule has 0 saturated heterocycles. The summed E-state index contributed by atoms with van der Waals surface area (Å²) in [4.78, 5) is 4.26. The first-order valence-electron chi connectivity index (χ1n) is 7.72. The van der Waals surface area contributed by atoms with Gasteiger partial charge in [0.2, 0.25) is 0 Å². The number of halogens is 3. The Hall–Kier alpha value is -1.90. The lowest BCUT2D eigenvalue weighted by atomic mass is 10.1.